The molecule has 2 atom stereocenters. The summed E-state index contributed by atoms with van der Waals surface area (Å²) in [4.78, 5) is 12.8. The number of anilines is 1. The lowest BCUT2D eigenvalue weighted by atomic mass is 10.2. The van der Waals surface area contributed by atoms with E-state index in [2.05, 4.69) is 5.32 Å². The lowest BCUT2D eigenvalue weighted by Gasteiger charge is -2.21. The average molecular weight is 345 g/mol. The number of nitrogens with two attached hydrogens (primary N) is 1. The maximum atomic E-state index is 12.4. The zero-order valence-electron chi connectivity index (χ0n) is 11.7. The fourth-order valence-electron chi connectivity index (χ4n) is 2.06. The number of rotatable bonds is 5. The van der Waals surface area contributed by atoms with Crippen molar-refractivity contribution in [3.63, 3.8) is 0 Å². The zero-order valence-corrected chi connectivity index (χ0v) is 14.1. The largest absolute Gasteiger partial charge is 0.397 e. The first-order valence-corrected chi connectivity index (χ1v) is 8.88. The van der Waals surface area contributed by atoms with Gasteiger partial charge in [0, 0.05) is 26.4 Å². The number of fused-ring (bicyclic) bond motifs is 1. The predicted octanol–water partition coefficient (Wildman–Crippen LogP) is 2.98. The van der Waals surface area contributed by atoms with Gasteiger partial charge >= 0.3 is 0 Å². The van der Waals surface area contributed by atoms with Crippen molar-refractivity contribution in [3.05, 3.63) is 28.1 Å². The fraction of sp³-hybridized carbons (Fsp3) is 0.357. The molecule has 0 saturated heterocycles. The molecule has 0 fully saturated rings. The Hall–Kier alpha value is -0.950. The van der Waals surface area contributed by atoms with Gasteiger partial charge < -0.3 is 16.2 Å². The number of hydrogen-bond acceptors (Lipinski definition) is 5. The van der Waals surface area contributed by atoms with Gasteiger partial charge in [-0.05, 0) is 31.4 Å². The molecule has 114 valence electrons. The summed E-state index contributed by atoms with van der Waals surface area (Å²) in [5.74, 6) is -0.218. The van der Waals surface area contributed by atoms with Crippen LogP contribution in [-0.2, 0) is 0 Å². The third-order valence-corrected chi connectivity index (χ3v) is 5.86. The van der Waals surface area contributed by atoms with E-state index in [1.807, 2.05) is 19.2 Å². The number of carbonyl (C=O) groups excluding carboxylic acids is 1. The Morgan fingerprint density at radius 1 is 1.57 bits per heavy atom. The Labute approximate surface area is 136 Å². The topological polar surface area (TPSA) is 75.3 Å². The SMILES string of the molecule is CSC(CO)C(C)NC(=O)c1sc2cc(Cl)ccc2c1N. The maximum absolute atomic E-state index is 12.4. The number of carbonyl (C=O) groups is 1. The van der Waals surface area contributed by atoms with Gasteiger partial charge in [-0.1, -0.05) is 11.6 Å². The molecule has 0 bridgehead atoms. The van der Waals surface area contributed by atoms with Crippen LogP contribution in [0, 0.1) is 0 Å². The molecule has 0 aliphatic rings. The highest BCUT2D eigenvalue weighted by Crippen LogP contribution is 2.35. The second-order valence-electron chi connectivity index (χ2n) is 4.70. The van der Waals surface area contributed by atoms with Crippen molar-refractivity contribution < 1.29 is 9.90 Å². The van der Waals surface area contributed by atoms with Crippen LogP contribution in [0.25, 0.3) is 10.1 Å². The molecule has 0 radical (unpaired) electrons. The molecule has 1 heterocycles. The highest BCUT2D eigenvalue weighted by Gasteiger charge is 2.21. The van der Waals surface area contributed by atoms with E-state index in [0.717, 1.165) is 10.1 Å². The van der Waals surface area contributed by atoms with Gasteiger partial charge in [-0.3, -0.25) is 4.79 Å². The van der Waals surface area contributed by atoms with Crippen molar-refractivity contribution >= 4 is 56.4 Å². The molecule has 4 nitrogen and oxygen atoms in total. The van der Waals surface area contributed by atoms with Crippen LogP contribution in [0.4, 0.5) is 5.69 Å². The first kappa shape index (κ1) is 16.4. The molecule has 1 amide bonds. The van der Waals surface area contributed by atoms with Gasteiger partial charge in [-0.25, -0.2) is 0 Å². The van der Waals surface area contributed by atoms with Crippen molar-refractivity contribution in [2.45, 2.75) is 18.2 Å². The third-order valence-electron chi connectivity index (χ3n) is 3.30. The Morgan fingerprint density at radius 3 is 2.90 bits per heavy atom. The number of nitrogens with one attached hydrogen (secondary N) is 1. The third kappa shape index (κ3) is 3.45. The molecule has 0 saturated carbocycles. The van der Waals surface area contributed by atoms with Crippen LogP contribution in [-0.4, -0.2) is 35.2 Å². The molecule has 0 aliphatic heterocycles. The molecular formula is C14H17ClN2O2S2. The lowest BCUT2D eigenvalue weighted by molar-refractivity contribution is 0.0941. The van der Waals surface area contributed by atoms with E-state index in [0.29, 0.717) is 15.6 Å². The number of nitrogen functional groups attached to an aromatic ring is 1. The standard InChI is InChI=1S/C14H17ClN2O2S2/c1-7(11(6-18)20-2)17-14(19)13-12(16)9-4-3-8(15)5-10(9)21-13/h3-5,7,11,18H,6,16H2,1-2H3,(H,17,19). The van der Waals surface area contributed by atoms with Crippen LogP contribution in [0.3, 0.4) is 0 Å². The first-order valence-electron chi connectivity index (χ1n) is 6.40. The van der Waals surface area contributed by atoms with E-state index >= 15 is 0 Å². The predicted molar refractivity (Wildman–Crippen MR) is 92.6 cm³/mol. The number of thiophene rings is 1. The Balaban J connectivity index is 2.25. The number of hydrogen-bond donors (Lipinski definition) is 3. The van der Waals surface area contributed by atoms with E-state index in [1.165, 1.54) is 23.1 Å². The van der Waals surface area contributed by atoms with Crippen LogP contribution in [0.1, 0.15) is 16.6 Å². The smallest absolute Gasteiger partial charge is 0.263 e. The lowest BCUT2D eigenvalue weighted by Crippen LogP contribution is -2.41. The van der Waals surface area contributed by atoms with Gasteiger partial charge in [0.05, 0.1) is 12.3 Å². The van der Waals surface area contributed by atoms with Crippen molar-refractivity contribution in [2.75, 3.05) is 18.6 Å². The number of benzene rings is 1. The Morgan fingerprint density at radius 2 is 2.29 bits per heavy atom. The quantitative estimate of drug-likeness (QED) is 0.779. The molecule has 21 heavy (non-hydrogen) atoms. The van der Waals surface area contributed by atoms with E-state index in [4.69, 9.17) is 17.3 Å². The van der Waals surface area contributed by atoms with Crippen LogP contribution in [0.15, 0.2) is 18.2 Å². The number of halogens is 1. The second kappa shape index (κ2) is 6.87. The van der Waals surface area contributed by atoms with Gasteiger partial charge in [0.15, 0.2) is 0 Å². The van der Waals surface area contributed by atoms with Crippen LogP contribution < -0.4 is 11.1 Å². The molecular weight excluding hydrogens is 328 g/mol. The molecule has 0 aliphatic carbocycles. The number of amides is 1. The van der Waals surface area contributed by atoms with Gasteiger partial charge in [0.25, 0.3) is 5.91 Å². The number of aliphatic hydroxyl groups is 1. The average Bonchev–Trinajstić information content (AvgIpc) is 2.76. The zero-order chi connectivity index (χ0) is 15.6. The summed E-state index contributed by atoms with van der Waals surface area (Å²) in [5, 5.41) is 13.6. The van der Waals surface area contributed by atoms with Crippen molar-refractivity contribution in [1.82, 2.24) is 5.32 Å². The summed E-state index contributed by atoms with van der Waals surface area (Å²) in [5.41, 5.74) is 6.53. The minimum absolute atomic E-state index is 0.0140. The van der Waals surface area contributed by atoms with Gasteiger partial charge in [0.2, 0.25) is 0 Å². The molecule has 4 N–H and O–H groups in total. The molecule has 7 heteroatoms. The van der Waals surface area contributed by atoms with Gasteiger partial charge in [0.1, 0.15) is 4.88 Å². The summed E-state index contributed by atoms with van der Waals surface area (Å²) in [6, 6.07) is 5.23. The fourth-order valence-corrected chi connectivity index (χ4v) is 3.99. The van der Waals surface area contributed by atoms with E-state index in [1.54, 1.807) is 12.1 Å². The summed E-state index contributed by atoms with van der Waals surface area (Å²) in [7, 11) is 0. The number of aliphatic hydroxyl groups excluding tert-OH is 1. The van der Waals surface area contributed by atoms with Crippen LogP contribution in [0.5, 0.6) is 0 Å². The molecule has 2 rings (SSSR count). The monoisotopic (exact) mass is 344 g/mol. The maximum Gasteiger partial charge on any atom is 0.263 e. The highest BCUT2D eigenvalue weighted by molar-refractivity contribution is 7.99. The van der Waals surface area contributed by atoms with E-state index < -0.39 is 0 Å². The summed E-state index contributed by atoms with van der Waals surface area (Å²) in [6.45, 7) is 1.88. The summed E-state index contributed by atoms with van der Waals surface area (Å²) >= 11 is 8.80. The van der Waals surface area contributed by atoms with Crippen molar-refractivity contribution in [3.8, 4) is 0 Å². The summed E-state index contributed by atoms with van der Waals surface area (Å²) < 4.78 is 0.890. The Kier molecular flexibility index (Phi) is 5.37. The van der Waals surface area contributed by atoms with E-state index in [-0.39, 0.29) is 23.8 Å². The molecule has 1 aromatic carbocycles. The number of thioether (sulfide) groups is 1. The van der Waals surface area contributed by atoms with Gasteiger partial charge in [-0.15, -0.1) is 11.3 Å². The van der Waals surface area contributed by atoms with Gasteiger partial charge in [-0.2, -0.15) is 11.8 Å². The normalized spacial score (nSPS) is 14.1. The molecule has 2 unspecified atom stereocenters. The van der Waals surface area contributed by atoms with Crippen LogP contribution in [0.2, 0.25) is 5.02 Å². The second-order valence-corrected chi connectivity index (χ2v) is 7.27. The molecule has 1 aromatic heterocycles. The summed E-state index contributed by atoms with van der Waals surface area (Å²) in [6.07, 6.45) is 1.90. The molecule has 0 spiro atoms. The minimum atomic E-state index is -0.218. The molecule has 2 aromatic rings. The first-order chi connectivity index (χ1) is 9.97. The van der Waals surface area contributed by atoms with E-state index in [9.17, 15) is 9.90 Å². The van der Waals surface area contributed by atoms with Crippen LogP contribution >= 0.6 is 34.7 Å². The Bertz CT molecular complexity index is 656. The van der Waals surface area contributed by atoms with Crippen molar-refractivity contribution in [1.29, 1.82) is 0 Å². The minimum Gasteiger partial charge on any atom is -0.397 e. The van der Waals surface area contributed by atoms with Crippen molar-refractivity contribution in [2.24, 2.45) is 0 Å². The highest BCUT2D eigenvalue weighted by atomic mass is 35.5.